The molecule has 9 nitrogen and oxygen atoms in total. The van der Waals surface area contributed by atoms with Crippen LogP contribution < -0.4 is 21.4 Å². The lowest BCUT2D eigenvalue weighted by atomic mass is 9.78. The van der Waals surface area contributed by atoms with Crippen molar-refractivity contribution in [2.45, 2.75) is 58.2 Å². The van der Waals surface area contributed by atoms with Crippen molar-refractivity contribution in [2.75, 3.05) is 11.9 Å². The maximum atomic E-state index is 12.4. The van der Waals surface area contributed by atoms with Gasteiger partial charge in [0.1, 0.15) is 6.04 Å². The van der Waals surface area contributed by atoms with Crippen molar-refractivity contribution in [2.24, 2.45) is 11.8 Å². The van der Waals surface area contributed by atoms with Gasteiger partial charge in [-0.15, -0.1) is 0 Å². The fourth-order valence-electron chi connectivity index (χ4n) is 4.56. The van der Waals surface area contributed by atoms with E-state index in [4.69, 9.17) is 5.21 Å². The highest BCUT2D eigenvalue weighted by atomic mass is 16.5. The SMILES string of the molecule is CC1CCCC(NCC(=O)Nc2ccc(-c3ccc(C(=O)N[C@H](C(=O)NO)[C@@H](C)O)cc3)cc2)C1C. The molecular formula is C27H36N4O5. The predicted octanol–water partition coefficient (Wildman–Crippen LogP) is 2.69. The van der Waals surface area contributed by atoms with Gasteiger partial charge in [-0.3, -0.25) is 19.6 Å². The molecule has 3 amide bonds. The molecule has 3 unspecified atom stereocenters. The summed E-state index contributed by atoms with van der Waals surface area (Å²) in [7, 11) is 0. The number of carbonyl (C=O) groups excluding carboxylic acids is 3. The van der Waals surface area contributed by atoms with Gasteiger partial charge in [0.2, 0.25) is 5.91 Å². The molecule has 0 aromatic heterocycles. The Morgan fingerprint density at radius 3 is 2.17 bits per heavy atom. The number of hydrogen-bond donors (Lipinski definition) is 6. The van der Waals surface area contributed by atoms with Crippen molar-refractivity contribution in [1.82, 2.24) is 16.1 Å². The molecule has 0 spiro atoms. The molecule has 0 radical (unpaired) electrons. The topological polar surface area (TPSA) is 140 Å². The minimum atomic E-state index is -1.28. The normalized spacial score (nSPS) is 21.2. The third-order valence-corrected chi connectivity index (χ3v) is 7.04. The Kier molecular flexibility index (Phi) is 9.58. The number of nitrogens with one attached hydrogen (secondary N) is 4. The summed E-state index contributed by atoms with van der Waals surface area (Å²) in [6.45, 7) is 6.14. The Hall–Kier alpha value is -3.27. The Bertz CT molecular complexity index is 1040. The van der Waals surface area contributed by atoms with E-state index in [0.29, 0.717) is 29.1 Å². The second kappa shape index (κ2) is 12.6. The van der Waals surface area contributed by atoms with Gasteiger partial charge in [0.15, 0.2) is 0 Å². The fraction of sp³-hybridized carbons (Fsp3) is 0.444. The van der Waals surface area contributed by atoms with Crippen LogP contribution in [0, 0.1) is 11.8 Å². The van der Waals surface area contributed by atoms with Crippen molar-refractivity contribution < 1.29 is 24.7 Å². The molecule has 36 heavy (non-hydrogen) atoms. The van der Waals surface area contributed by atoms with Crippen molar-refractivity contribution in [3.8, 4) is 11.1 Å². The minimum absolute atomic E-state index is 0.0751. The average Bonchev–Trinajstić information content (AvgIpc) is 2.88. The van der Waals surface area contributed by atoms with E-state index in [-0.39, 0.29) is 12.5 Å². The molecule has 9 heteroatoms. The first-order valence-electron chi connectivity index (χ1n) is 12.4. The van der Waals surface area contributed by atoms with E-state index in [2.05, 4.69) is 29.8 Å². The summed E-state index contributed by atoms with van der Waals surface area (Å²) in [5, 5.41) is 27.2. The molecule has 194 valence electrons. The molecule has 1 fully saturated rings. The van der Waals surface area contributed by atoms with Gasteiger partial charge in [-0.1, -0.05) is 51.0 Å². The molecule has 1 saturated carbocycles. The number of benzene rings is 2. The molecule has 6 N–H and O–H groups in total. The first kappa shape index (κ1) is 27.3. The molecular weight excluding hydrogens is 460 g/mol. The van der Waals surface area contributed by atoms with Gasteiger partial charge >= 0.3 is 0 Å². The third kappa shape index (κ3) is 7.13. The molecule has 3 rings (SSSR count). The van der Waals surface area contributed by atoms with E-state index in [1.165, 1.54) is 25.2 Å². The maximum absolute atomic E-state index is 12.4. The monoisotopic (exact) mass is 496 g/mol. The van der Waals surface area contributed by atoms with Crippen molar-refractivity contribution >= 4 is 23.4 Å². The number of carbonyl (C=O) groups is 3. The highest BCUT2D eigenvalue weighted by Crippen LogP contribution is 2.29. The average molecular weight is 497 g/mol. The van der Waals surface area contributed by atoms with E-state index in [1.807, 2.05) is 24.3 Å². The van der Waals surface area contributed by atoms with Crippen LogP contribution in [0.1, 0.15) is 50.4 Å². The zero-order valence-corrected chi connectivity index (χ0v) is 21.0. The number of hydroxylamine groups is 1. The van der Waals surface area contributed by atoms with Crippen molar-refractivity contribution in [1.29, 1.82) is 0 Å². The van der Waals surface area contributed by atoms with Crippen LogP contribution in [0.5, 0.6) is 0 Å². The number of hydrogen-bond acceptors (Lipinski definition) is 6. The van der Waals surface area contributed by atoms with Crippen LogP contribution in [0.4, 0.5) is 5.69 Å². The van der Waals surface area contributed by atoms with Gasteiger partial charge in [0.25, 0.3) is 11.8 Å². The Labute approximate surface area is 211 Å². The van der Waals surface area contributed by atoms with Gasteiger partial charge < -0.3 is 21.1 Å². The zero-order valence-electron chi connectivity index (χ0n) is 21.0. The van der Waals surface area contributed by atoms with E-state index in [0.717, 1.165) is 17.5 Å². The van der Waals surface area contributed by atoms with Crippen molar-refractivity contribution in [3.05, 3.63) is 54.1 Å². The van der Waals surface area contributed by atoms with Crippen LogP contribution in [0.15, 0.2) is 48.5 Å². The smallest absolute Gasteiger partial charge is 0.268 e. The van der Waals surface area contributed by atoms with Crippen LogP contribution in [0.25, 0.3) is 11.1 Å². The molecule has 2 aromatic carbocycles. The van der Waals surface area contributed by atoms with E-state index in [1.54, 1.807) is 24.3 Å². The lowest BCUT2D eigenvalue weighted by molar-refractivity contribution is -0.133. The third-order valence-electron chi connectivity index (χ3n) is 7.04. The van der Waals surface area contributed by atoms with Crippen LogP contribution in [0.3, 0.4) is 0 Å². The highest BCUT2D eigenvalue weighted by molar-refractivity contribution is 5.98. The molecule has 2 aromatic rings. The lowest BCUT2D eigenvalue weighted by Crippen LogP contribution is -2.51. The summed E-state index contributed by atoms with van der Waals surface area (Å²) < 4.78 is 0. The summed E-state index contributed by atoms with van der Waals surface area (Å²) in [5.41, 5.74) is 4.21. The van der Waals surface area contributed by atoms with Gasteiger partial charge in [-0.05, 0) is 60.6 Å². The van der Waals surface area contributed by atoms with Gasteiger partial charge in [0.05, 0.1) is 12.6 Å². The number of anilines is 1. The standard InChI is InChI=1S/C27H36N4O5/c1-16-5-4-6-23(17(16)2)28-15-24(33)29-22-13-11-20(12-14-22)19-7-9-21(10-8-19)26(34)30-25(18(3)32)27(35)31-36/h7-14,16-18,23,25,28,32,36H,4-6,15H2,1-3H3,(H,29,33)(H,30,34)(H,31,35)/t16?,17?,18-,23?,25+/m1/s1. The summed E-state index contributed by atoms with van der Waals surface area (Å²) in [6, 6.07) is 13.3. The molecule has 1 aliphatic rings. The quantitative estimate of drug-likeness (QED) is 0.233. The molecule has 5 atom stereocenters. The van der Waals surface area contributed by atoms with Gasteiger partial charge in [-0.2, -0.15) is 0 Å². The Balaban J connectivity index is 1.54. The molecule has 0 saturated heterocycles. The molecule has 1 aliphatic carbocycles. The number of aliphatic hydroxyl groups is 1. The Morgan fingerprint density at radius 1 is 0.972 bits per heavy atom. The van der Waals surface area contributed by atoms with Crippen LogP contribution in [-0.2, 0) is 9.59 Å². The van der Waals surface area contributed by atoms with Crippen LogP contribution >= 0.6 is 0 Å². The summed E-state index contributed by atoms with van der Waals surface area (Å²) in [4.78, 5) is 36.5. The predicted molar refractivity (Wildman–Crippen MR) is 137 cm³/mol. The first-order valence-corrected chi connectivity index (χ1v) is 12.4. The summed E-state index contributed by atoms with van der Waals surface area (Å²) >= 11 is 0. The van der Waals surface area contributed by atoms with Gasteiger partial charge in [0, 0.05) is 17.3 Å². The molecule has 0 bridgehead atoms. The summed E-state index contributed by atoms with van der Waals surface area (Å²) in [6.07, 6.45) is 2.36. The number of amides is 3. The highest BCUT2D eigenvalue weighted by Gasteiger charge is 2.27. The number of rotatable bonds is 9. The van der Waals surface area contributed by atoms with E-state index in [9.17, 15) is 19.5 Å². The first-order chi connectivity index (χ1) is 17.2. The summed E-state index contributed by atoms with van der Waals surface area (Å²) in [5.74, 6) is -0.308. The van der Waals surface area contributed by atoms with Crippen LogP contribution in [0.2, 0.25) is 0 Å². The Morgan fingerprint density at radius 2 is 1.58 bits per heavy atom. The minimum Gasteiger partial charge on any atom is -0.391 e. The van der Waals surface area contributed by atoms with E-state index < -0.39 is 24.0 Å². The fourth-order valence-corrected chi connectivity index (χ4v) is 4.56. The maximum Gasteiger partial charge on any atom is 0.268 e. The van der Waals surface area contributed by atoms with Crippen LogP contribution in [-0.4, -0.2) is 52.8 Å². The molecule has 0 heterocycles. The van der Waals surface area contributed by atoms with E-state index >= 15 is 0 Å². The largest absolute Gasteiger partial charge is 0.391 e. The number of aliphatic hydroxyl groups excluding tert-OH is 1. The zero-order chi connectivity index (χ0) is 26.2. The lowest BCUT2D eigenvalue weighted by Gasteiger charge is -2.34. The van der Waals surface area contributed by atoms with Crippen molar-refractivity contribution in [3.63, 3.8) is 0 Å². The molecule has 0 aliphatic heterocycles. The van der Waals surface area contributed by atoms with Gasteiger partial charge in [-0.25, -0.2) is 5.48 Å². The second-order valence-corrected chi connectivity index (χ2v) is 9.63. The second-order valence-electron chi connectivity index (χ2n) is 9.63.